The van der Waals surface area contributed by atoms with Crippen LogP contribution in [0.1, 0.15) is 19.2 Å². The van der Waals surface area contributed by atoms with Crippen molar-refractivity contribution in [3.8, 4) is 0 Å². The molecule has 0 saturated heterocycles. The lowest BCUT2D eigenvalue weighted by atomic mass is 10.0. The highest BCUT2D eigenvalue weighted by atomic mass is 16.5. The first-order chi connectivity index (χ1) is 6.67. The molecule has 0 aromatic carbocycles. The lowest BCUT2D eigenvalue weighted by Gasteiger charge is -2.07. The summed E-state index contributed by atoms with van der Waals surface area (Å²) in [5.41, 5.74) is 5.60. The number of hydrogen-bond acceptors (Lipinski definition) is 5. The lowest BCUT2D eigenvalue weighted by molar-refractivity contribution is 0.350. The van der Waals surface area contributed by atoms with Crippen LogP contribution in [0.2, 0.25) is 0 Å². The average molecular weight is 198 g/mol. The summed E-state index contributed by atoms with van der Waals surface area (Å²) in [5.74, 6) is 1.73. The summed E-state index contributed by atoms with van der Waals surface area (Å²) < 4.78 is 5.10. The highest BCUT2D eigenvalue weighted by Gasteiger charge is 2.12. The minimum absolute atomic E-state index is 0.436. The van der Waals surface area contributed by atoms with Gasteiger partial charge in [0.15, 0.2) is 0 Å². The molecule has 14 heavy (non-hydrogen) atoms. The molecule has 1 unspecified atom stereocenters. The van der Waals surface area contributed by atoms with Crippen molar-refractivity contribution in [3.05, 3.63) is 5.89 Å². The number of rotatable bonds is 5. The third kappa shape index (κ3) is 2.70. The Morgan fingerprint density at radius 2 is 2.21 bits per heavy atom. The Labute approximate surface area is 84.3 Å². The molecular formula is C9H18N4O. The molecule has 1 aromatic heterocycles. The van der Waals surface area contributed by atoms with Crippen LogP contribution in [0.15, 0.2) is 4.52 Å². The van der Waals surface area contributed by atoms with E-state index in [1.807, 2.05) is 19.0 Å². The monoisotopic (exact) mass is 198 g/mol. The molecule has 0 fully saturated rings. The average Bonchev–Trinajstić information content (AvgIpc) is 2.62. The zero-order valence-electron chi connectivity index (χ0n) is 9.03. The molecule has 0 aliphatic rings. The Hall–Kier alpha value is -1.10. The zero-order chi connectivity index (χ0) is 10.6. The first-order valence-corrected chi connectivity index (χ1v) is 4.87. The van der Waals surface area contributed by atoms with Gasteiger partial charge < -0.3 is 15.2 Å². The Morgan fingerprint density at radius 3 is 2.64 bits per heavy atom. The van der Waals surface area contributed by atoms with Crippen LogP contribution in [0.4, 0.5) is 5.95 Å². The summed E-state index contributed by atoms with van der Waals surface area (Å²) in [6.07, 6.45) is 1.81. The van der Waals surface area contributed by atoms with Gasteiger partial charge in [0.1, 0.15) is 0 Å². The second kappa shape index (κ2) is 4.95. The van der Waals surface area contributed by atoms with Crippen LogP contribution in [-0.4, -0.2) is 30.8 Å². The topological polar surface area (TPSA) is 68.2 Å². The van der Waals surface area contributed by atoms with Crippen LogP contribution in [0.25, 0.3) is 0 Å². The highest BCUT2D eigenvalue weighted by molar-refractivity contribution is 5.23. The Bertz CT molecular complexity index is 268. The molecule has 0 aliphatic carbocycles. The van der Waals surface area contributed by atoms with Gasteiger partial charge in [-0.2, -0.15) is 4.98 Å². The second-order valence-corrected chi connectivity index (χ2v) is 3.60. The van der Waals surface area contributed by atoms with Gasteiger partial charge in [-0.25, -0.2) is 0 Å². The standard InChI is InChI=1S/C9H18N4O/c1-4-7(6-10)5-8-11-9(12-14-8)13(2)3/h7H,4-6,10H2,1-3H3. The summed E-state index contributed by atoms with van der Waals surface area (Å²) in [7, 11) is 3.77. The Balaban J connectivity index is 2.58. The van der Waals surface area contributed by atoms with Gasteiger partial charge in [0.05, 0.1) is 0 Å². The smallest absolute Gasteiger partial charge is 0.265 e. The summed E-state index contributed by atoms with van der Waals surface area (Å²) in [6.45, 7) is 2.77. The number of anilines is 1. The van der Waals surface area contributed by atoms with Gasteiger partial charge >= 0.3 is 0 Å². The van der Waals surface area contributed by atoms with Gasteiger partial charge in [-0.05, 0) is 17.6 Å². The fourth-order valence-electron chi connectivity index (χ4n) is 1.15. The quantitative estimate of drug-likeness (QED) is 0.752. The van der Waals surface area contributed by atoms with Gasteiger partial charge in [0.25, 0.3) is 5.95 Å². The van der Waals surface area contributed by atoms with E-state index in [1.165, 1.54) is 0 Å². The van der Waals surface area contributed by atoms with Crippen molar-refractivity contribution in [3.63, 3.8) is 0 Å². The van der Waals surface area contributed by atoms with Crippen LogP contribution in [0.3, 0.4) is 0 Å². The van der Waals surface area contributed by atoms with Crippen LogP contribution < -0.4 is 10.6 Å². The lowest BCUT2D eigenvalue weighted by Crippen LogP contribution is -2.16. The zero-order valence-corrected chi connectivity index (χ0v) is 9.03. The third-order valence-corrected chi connectivity index (χ3v) is 2.23. The Kier molecular flexibility index (Phi) is 3.88. The molecule has 1 atom stereocenters. The van der Waals surface area contributed by atoms with Crippen molar-refractivity contribution in [2.75, 3.05) is 25.5 Å². The molecule has 0 aliphatic heterocycles. The Morgan fingerprint density at radius 1 is 1.50 bits per heavy atom. The summed E-state index contributed by atoms with van der Waals surface area (Å²) in [6, 6.07) is 0. The van der Waals surface area contributed by atoms with Gasteiger partial charge in [-0.3, -0.25) is 0 Å². The molecule has 1 aromatic rings. The molecule has 2 N–H and O–H groups in total. The van der Waals surface area contributed by atoms with E-state index in [1.54, 1.807) is 0 Å². The maximum Gasteiger partial charge on any atom is 0.265 e. The van der Waals surface area contributed by atoms with Crippen LogP contribution in [0, 0.1) is 5.92 Å². The van der Waals surface area contributed by atoms with E-state index in [9.17, 15) is 0 Å². The molecule has 80 valence electrons. The van der Waals surface area contributed by atoms with E-state index in [4.69, 9.17) is 10.3 Å². The van der Waals surface area contributed by atoms with Crippen LogP contribution in [-0.2, 0) is 6.42 Å². The van der Waals surface area contributed by atoms with Crippen molar-refractivity contribution >= 4 is 5.95 Å². The van der Waals surface area contributed by atoms with Gasteiger partial charge in [-0.1, -0.05) is 13.3 Å². The normalized spacial score (nSPS) is 12.9. The largest absolute Gasteiger partial charge is 0.344 e. The highest BCUT2D eigenvalue weighted by Crippen LogP contribution is 2.12. The molecule has 0 amide bonds. The van der Waals surface area contributed by atoms with Crippen molar-refractivity contribution < 1.29 is 4.52 Å². The first-order valence-electron chi connectivity index (χ1n) is 4.87. The summed E-state index contributed by atoms with van der Waals surface area (Å²) in [4.78, 5) is 6.05. The van der Waals surface area contributed by atoms with Crippen LogP contribution >= 0.6 is 0 Å². The molecule has 1 heterocycles. The molecule has 5 heteroatoms. The number of nitrogens with zero attached hydrogens (tertiary/aromatic N) is 3. The van der Waals surface area contributed by atoms with Gasteiger partial charge in [0.2, 0.25) is 5.89 Å². The van der Waals surface area contributed by atoms with Crippen molar-refractivity contribution in [1.29, 1.82) is 0 Å². The summed E-state index contributed by atoms with van der Waals surface area (Å²) in [5, 5.41) is 3.84. The maximum atomic E-state index is 5.60. The molecule has 0 radical (unpaired) electrons. The predicted octanol–water partition coefficient (Wildman–Crippen LogP) is 0.663. The van der Waals surface area contributed by atoms with Crippen molar-refractivity contribution in [2.24, 2.45) is 11.7 Å². The molecule has 0 saturated carbocycles. The fourth-order valence-corrected chi connectivity index (χ4v) is 1.15. The first kappa shape index (κ1) is 11.0. The predicted molar refractivity (Wildman–Crippen MR) is 55.2 cm³/mol. The number of aromatic nitrogens is 2. The van der Waals surface area contributed by atoms with Gasteiger partial charge in [0, 0.05) is 20.5 Å². The SMILES string of the molecule is CCC(CN)Cc1nc(N(C)C)no1. The molecule has 5 nitrogen and oxygen atoms in total. The fraction of sp³-hybridized carbons (Fsp3) is 0.778. The van der Waals surface area contributed by atoms with E-state index in [2.05, 4.69) is 17.1 Å². The van der Waals surface area contributed by atoms with Crippen LogP contribution in [0.5, 0.6) is 0 Å². The number of nitrogens with two attached hydrogens (primary N) is 1. The number of hydrogen-bond donors (Lipinski definition) is 1. The summed E-state index contributed by atoms with van der Waals surface area (Å²) >= 11 is 0. The molecule has 1 rings (SSSR count). The van der Waals surface area contributed by atoms with Gasteiger partial charge in [-0.15, -0.1) is 0 Å². The van der Waals surface area contributed by atoms with E-state index >= 15 is 0 Å². The molecule has 0 bridgehead atoms. The van der Waals surface area contributed by atoms with E-state index in [0.717, 1.165) is 12.8 Å². The molecule has 0 spiro atoms. The minimum atomic E-state index is 0.436. The van der Waals surface area contributed by atoms with E-state index in [0.29, 0.717) is 24.3 Å². The van der Waals surface area contributed by atoms with Crippen molar-refractivity contribution in [1.82, 2.24) is 10.1 Å². The minimum Gasteiger partial charge on any atom is -0.344 e. The third-order valence-electron chi connectivity index (χ3n) is 2.23. The van der Waals surface area contributed by atoms with E-state index in [-0.39, 0.29) is 0 Å². The second-order valence-electron chi connectivity index (χ2n) is 3.60. The van der Waals surface area contributed by atoms with E-state index < -0.39 is 0 Å². The maximum absolute atomic E-state index is 5.60. The van der Waals surface area contributed by atoms with Crippen molar-refractivity contribution in [2.45, 2.75) is 19.8 Å². The molecular weight excluding hydrogens is 180 g/mol.